The molecule has 3 aromatic rings. The van der Waals surface area contributed by atoms with Gasteiger partial charge in [0, 0.05) is 5.56 Å². The van der Waals surface area contributed by atoms with E-state index in [1.807, 2.05) is 0 Å². The lowest BCUT2D eigenvalue weighted by Crippen LogP contribution is -2.19. The zero-order valence-electron chi connectivity index (χ0n) is 15.9. The minimum Gasteiger partial charge on any atom is -0.497 e. The second-order valence-electron chi connectivity index (χ2n) is 6.24. The van der Waals surface area contributed by atoms with Crippen LogP contribution in [0.2, 0.25) is 0 Å². The van der Waals surface area contributed by atoms with Crippen LogP contribution in [0.25, 0.3) is 22.9 Å². The van der Waals surface area contributed by atoms with Gasteiger partial charge in [-0.15, -0.1) is 0 Å². The molecule has 1 aromatic heterocycles. The van der Waals surface area contributed by atoms with Crippen LogP contribution in [0.15, 0.2) is 41.3 Å². The van der Waals surface area contributed by atoms with E-state index in [1.54, 1.807) is 31.2 Å². The Morgan fingerprint density at radius 2 is 1.93 bits per heavy atom. The molecule has 30 heavy (non-hydrogen) atoms. The number of carbonyl (C=O) groups is 1. The number of rotatable bonds is 4. The molecule has 0 bridgehead atoms. The lowest BCUT2D eigenvalue weighted by atomic mass is 10.1. The van der Waals surface area contributed by atoms with Crippen LogP contribution < -0.4 is 19.6 Å². The smallest absolute Gasteiger partial charge is 0.497 e. The van der Waals surface area contributed by atoms with E-state index in [4.69, 9.17) is 14.2 Å². The average Bonchev–Trinajstić information content (AvgIpc) is 2.74. The van der Waals surface area contributed by atoms with E-state index >= 15 is 0 Å². The largest absolute Gasteiger partial charge is 0.514 e. The predicted octanol–water partition coefficient (Wildman–Crippen LogP) is 4.17. The van der Waals surface area contributed by atoms with Crippen LogP contribution in [0, 0.1) is 11.6 Å². The van der Waals surface area contributed by atoms with E-state index < -0.39 is 34.7 Å². The summed E-state index contributed by atoms with van der Waals surface area (Å²) in [4.78, 5) is 24.3. The first kappa shape index (κ1) is 19.4. The number of nitrogens with zero attached hydrogens (tertiary/aromatic N) is 1. The Balaban J connectivity index is 1.91. The first-order valence-electron chi connectivity index (χ1n) is 8.88. The maximum absolute atomic E-state index is 14.5. The van der Waals surface area contributed by atoms with Gasteiger partial charge < -0.3 is 23.5 Å². The lowest BCUT2D eigenvalue weighted by Gasteiger charge is -2.22. The van der Waals surface area contributed by atoms with Crippen molar-refractivity contribution in [2.24, 2.45) is 0 Å². The Hall–Kier alpha value is -3.88. The number of halogens is 2. The summed E-state index contributed by atoms with van der Waals surface area (Å²) in [6, 6.07) is 7.42. The van der Waals surface area contributed by atoms with Crippen molar-refractivity contribution in [1.29, 1.82) is 0 Å². The summed E-state index contributed by atoms with van der Waals surface area (Å²) in [5.74, 6) is -2.58. The molecule has 154 valence electrons. The molecule has 2 aromatic carbocycles. The molecule has 0 radical (unpaired) electrons. The number of hydrogen-bond acceptors (Lipinski definition) is 6. The average molecular weight is 415 g/mol. The molecule has 9 heteroatoms. The van der Waals surface area contributed by atoms with E-state index in [9.17, 15) is 18.4 Å². The molecular formula is C21H15F2NO6. The SMILES string of the molecule is CCOC(=O)Oc1cn2c3c(c(F)c(F)cc3c1=O)OC(c1ccc(OC)cc1)=C2. The molecule has 0 amide bonds. The van der Waals surface area contributed by atoms with Crippen molar-refractivity contribution in [3.63, 3.8) is 0 Å². The van der Waals surface area contributed by atoms with Crippen LogP contribution in [0.5, 0.6) is 17.2 Å². The van der Waals surface area contributed by atoms with E-state index in [1.165, 1.54) is 24.1 Å². The molecule has 0 fully saturated rings. The molecule has 0 saturated heterocycles. The van der Waals surface area contributed by atoms with Gasteiger partial charge in [0.15, 0.2) is 23.1 Å². The molecule has 2 heterocycles. The summed E-state index contributed by atoms with van der Waals surface area (Å²) in [5.41, 5.74) is -0.253. The maximum atomic E-state index is 14.5. The second kappa shape index (κ2) is 7.51. The van der Waals surface area contributed by atoms with Gasteiger partial charge in [0.25, 0.3) is 0 Å². The Labute approximate surface area is 168 Å². The van der Waals surface area contributed by atoms with Crippen LogP contribution in [0.1, 0.15) is 12.5 Å². The Morgan fingerprint density at radius 3 is 2.60 bits per heavy atom. The zero-order valence-corrected chi connectivity index (χ0v) is 15.9. The Bertz CT molecular complexity index is 1250. The minimum atomic E-state index is -1.27. The number of carbonyl (C=O) groups excluding carboxylic acids is 1. The minimum absolute atomic E-state index is 0.00682. The van der Waals surface area contributed by atoms with Crippen molar-refractivity contribution in [3.8, 4) is 17.2 Å². The zero-order chi connectivity index (χ0) is 21.4. The highest BCUT2D eigenvalue weighted by molar-refractivity contribution is 5.93. The van der Waals surface area contributed by atoms with Gasteiger partial charge in [-0.05, 0) is 37.3 Å². The molecule has 0 N–H and O–H groups in total. The highest BCUT2D eigenvalue weighted by Gasteiger charge is 2.26. The quantitative estimate of drug-likeness (QED) is 0.596. The van der Waals surface area contributed by atoms with Crippen LogP contribution in [0.4, 0.5) is 13.6 Å². The topological polar surface area (TPSA) is 76.0 Å². The predicted molar refractivity (Wildman–Crippen MR) is 104 cm³/mol. The molecule has 0 unspecified atom stereocenters. The fourth-order valence-electron chi connectivity index (χ4n) is 3.06. The van der Waals surface area contributed by atoms with E-state index in [0.29, 0.717) is 11.3 Å². The Morgan fingerprint density at radius 1 is 1.20 bits per heavy atom. The van der Waals surface area contributed by atoms with Gasteiger partial charge in [0.1, 0.15) is 11.3 Å². The second-order valence-corrected chi connectivity index (χ2v) is 6.24. The fourth-order valence-corrected chi connectivity index (χ4v) is 3.06. The molecule has 0 spiro atoms. The number of benzene rings is 2. The third-order valence-electron chi connectivity index (χ3n) is 4.43. The monoisotopic (exact) mass is 415 g/mol. The van der Waals surface area contributed by atoms with Crippen LogP contribution in [-0.2, 0) is 4.74 Å². The summed E-state index contributed by atoms with van der Waals surface area (Å²) in [7, 11) is 1.52. The van der Waals surface area contributed by atoms with Crippen molar-refractivity contribution >= 4 is 29.0 Å². The molecule has 7 nitrogen and oxygen atoms in total. The highest BCUT2D eigenvalue weighted by Crippen LogP contribution is 2.38. The van der Waals surface area contributed by atoms with Crippen molar-refractivity contribution in [3.05, 3.63) is 63.9 Å². The van der Waals surface area contributed by atoms with Crippen LogP contribution >= 0.6 is 0 Å². The van der Waals surface area contributed by atoms with Gasteiger partial charge in [-0.25, -0.2) is 9.18 Å². The standard InChI is InChI=1S/C21H15F2NO6/c1-3-28-21(26)30-16-10-24-9-15(11-4-6-12(27-2)7-5-11)29-20-17(23)14(22)8-13(18(20)24)19(16)25/h4-10H,3H2,1-2H3. The normalized spacial score (nSPS) is 12.2. The maximum Gasteiger partial charge on any atom is 0.514 e. The first-order chi connectivity index (χ1) is 14.4. The molecule has 0 aliphatic carbocycles. The van der Waals surface area contributed by atoms with Gasteiger partial charge in [0.2, 0.25) is 11.2 Å². The van der Waals surface area contributed by atoms with Gasteiger partial charge >= 0.3 is 6.16 Å². The van der Waals surface area contributed by atoms with E-state index in [2.05, 4.69) is 4.74 Å². The van der Waals surface area contributed by atoms with Crippen molar-refractivity contribution < 1.29 is 32.5 Å². The molecule has 1 aliphatic heterocycles. The summed E-state index contributed by atoms with van der Waals surface area (Å²) >= 11 is 0. The van der Waals surface area contributed by atoms with Crippen molar-refractivity contribution in [2.45, 2.75) is 6.92 Å². The third kappa shape index (κ3) is 3.24. The van der Waals surface area contributed by atoms with Crippen molar-refractivity contribution in [2.75, 3.05) is 13.7 Å². The highest BCUT2D eigenvalue weighted by atomic mass is 19.2. The van der Waals surface area contributed by atoms with E-state index in [0.717, 1.165) is 6.07 Å². The van der Waals surface area contributed by atoms with Crippen molar-refractivity contribution in [1.82, 2.24) is 4.57 Å². The molecule has 1 aliphatic rings. The number of methoxy groups -OCH3 is 1. The molecular weight excluding hydrogens is 400 g/mol. The number of ether oxygens (including phenoxy) is 4. The first-order valence-corrected chi connectivity index (χ1v) is 8.88. The third-order valence-corrected chi connectivity index (χ3v) is 4.43. The van der Waals surface area contributed by atoms with Gasteiger partial charge in [0.05, 0.1) is 31.5 Å². The van der Waals surface area contributed by atoms with Crippen LogP contribution in [0.3, 0.4) is 0 Å². The van der Waals surface area contributed by atoms with Gasteiger partial charge in [-0.2, -0.15) is 4.39 Å². The fraction of sp³-hybridized carbons (Fsp3) is 0.143. The number of pyridine rings is 1. The van der Waals surface area contributed by atoms with Crippen LogP contribution in [-0.4, -0.2) is 24.4 Å². The molecule has 4 rings (SSSR count). The summed E-state index contributed by atoms with van der Waals surface area (Å²) in [5, 5.41) is -0.212. The molecule has 0 atom stereocenters. The Kier molecular flexibility index (Phi) is 4.86. The van der Waals surface area contributed by atoms with Gasteiger partial charge in [-0.1, -0.05) is 0 Å². The summed E-state index contributed by atoms with van der Waals surface area (Å²) in [6.45, 7) is 1.61. The lowest BCUT2D eigenvalue weighted by molar-refractivity contribution is 0.104. The number of aromatic nitrogens is 1. The summed E-state index contributed by atoms with van der Waals surface area (Å²) in [6.07, 6.45) is 1.57. The van der Waals surface area contributed by atoms with E-state index in [-0.39, 0.29) is 23.3 Å². The van der Waals surface area contributed by atoms with Gasteiger partial charge in [-0.3, -0.25) is 4.79 Å². The molecule has 0 saturated carbocycles. The summed E-state index contributed by atoms with van der Waals surface area (Å²) < 4.78 is 50.4. The number of hydrogen-bond donors (Lipinski definition) is 0.